The molecule has 0 saturated heterocycles. The second-order valence-corrected chi connectivity index (χ2v) is 5.09. The van der Waals surface area contributed by atoms with E-state index in [9.17, 15) is 4.39 Å². The monoisotopic (exact) mass is 273 g/mol. The highest BCUT2D eigenvalue weighted by Gasteiger charge is 2.09. The molecule has 0 unspecified atom stereocenters. The topological polar surface area (TPSA) is 37.8 Å². The van der Waals surface area contributed by atoms with Gasteiger partial charge in [-0.2, -0.15) is 0 Å². The van der Waals surface area contributed by atoms with E-state index in [1.807, 2.05) is 6.07 Å². The molecular formula is C16H20FN3. The Bertz CT molecular complexity index is 564. The molecule has 20 heavy (non-hydrogen) atoms. The smallest absolute Gasteiger partial charge is 0.161 e. The van der Waals surface area contributed by atoms with Gasteiger partial charge in [-0.1, -0.05) is 20.8 Å². The number of benzene rings is 1. The lowest BCUT2D eigenvalue weighted by Gasteiger charge is -2.11. The summed E-state index contributed by atoms with van der Waals surface area (Å²) in [5, 5.41) is 3.29. The van der Waals surface area contributed by atoms with E-state index >= 15 is 0 Å². The van der Waals surface area contributed by atoms with E-state index in [4.69, 9.17) is 0 Å². The maximum atomic E-state index is 13.0. The highest BCUT2D eigenvalue weighted by molar-refractivity contribution is 5.57. The molecule has 0 atom stereocenters. The van der Waals surface area contributed by atoms with Gasteiger partial charge in [0.05, 0.1) is 0 Å². The highest BCUT2D eigenvalue weighted by Crippen LogP contribution is 2.22. The Hall–Kier alpha value is -1.97. The van der Waals surface area contributed by atoms with E-state index in [1.165, 1.54) is 12.1 Å². The lowest BCUT2D eigenvalue weighted by Crippen LogP contribution is -2.06. The fourth-order valence-electron chi connectivity index (χ4n) is 1.83. The third-order valence-electron chi connectivity index (χ3n) is 3.00. The van der Waals surface area contributed by atoms with Gasteiger partial charge in [-0.05, 0) is 36.6 Å². The average Bonchev–Trinajstić information content (AvgIpc) is 2.45. The first-order valence-corrected chi connectivity index (χ1v) is 6.99. The quantitative estimate of drug-likeness (QED) is 0.886. The minimum atomic E-state index is -0.252. The number of nitrogens with one attached hydrogen (secondary N) is 1. The molecule has 0 aliphatic heterocycles. The van der Waals surface area contributed by atoms with Crippen LogP contribution in [0.2, 0.25) is 0 Å². The van der Waals surface area contributed by atoms with Gasteiger partial charge in [-0.25, -0.2) is 14.4 Å². The lowest BCUT2D eigenvalue weighted by molar-refractivity contribution is 0.628. The SMILES string of the molecule is CCCNc1cc(C(C)C)nc(-c2ccc(F)cc2)n1. The van der Waals surface area contributed by atoms with E-state index < -0.39 is 0 Å². The fourth-order valence-corrected chi connectivity index (χ4v) is 1.83. The third-order valence-corrected chi connectivity index (χ3v) is 3.00. The zero-order valence-corrected chi connectivity index (χ0v) is 12.2. The van der Waals surface area contributed by atoms with Crippen LogP contribution in [0.5, 0.6) is 0 Å². The Labute approximate surface area is 119 Å². The minimum Gasteiger partial charge on any atom is -0.370 e. The summed E-state index contributed by atoms with van der Waals surface area (Å²) in [4.78, 5) is 9.08. The van der Waals surface area contributed by atoms with Crippen molar-refractivity contribution in [2.45, 2.75) is 33.1 Å². The van der Waals surface area contributed by atoms with Crippen molar-refractivity contribution < 1.29 is 4.39 Å². The molecule has 0 radical (unpaired) electrons. The molecule has 106 valence electrons. The van der Waals surface area contributed by atoms with Gasteiger partial charge in [0, 0.05) is 23.9 Å². The van der Waals surface area contributed by atoms with Crippen LogP contribution in [0.15, 0.2) is 30.3 Å². The normalized spacial score (nSPS) is 10.8. The van der Waals surface area contributed by atoms with Gasteiger partial charge in [-0.15, -0.1) is 0 Å². The largest absolute Gasteiger partial charge is 0.370 e. The van der Waals surface area contributed by atoms with Crippen LogP contribution in [0.3, 0.4) is 0 Å². The molecule has 2 aromatic rings. The van der Waals surface area contributed by atoms with Gasteiger partial charge < -0.3 is 5.32 Å². The lowest BCUT2D eigenvalue weighted by atomic mass is 10.1. The molecule has 3 nitrogen and oxygen atoms in total. The molecule has 4 heteroatoms. The Morgan fingerprint density at radius 2 is 1.85 bits per heavy atom. The Kier molecular flexibility index (Phi) is 4.66. The molecule has 0 amide bonds. The van der Waals surface area contributed by atoms with Crippen LogP contribution >= 0.6 is 0 Å². The van der Waals surface area contributed by atoms with Crippen LogP contribution in [-0.4, -0.2) is 16.5 Å². The predicted molar refractivity (Wildman–Crippen MR) is 80.3 cm³/mol. The first-order valence-electron chi connectivity index (χ1n) is 6.99. The standard InChI is InChI=1S/C16H20FN3/c1-4-9-18-15-10-14(11(2)3)19-16(20-15)12-5-7-13(17)8-6-12/h5-8,10-11H,4,9H2,1-3H3,(H,18,19,20). The molecule has 0 spiro atoms. The van der Waals surface area contributed by atoms with Gasteiger partial charge >= 0.3 is 0 Å². The van der Waals surface area contributed by atoms with Crippen molar-refractivity contribution in [3.05, 3.63) is 41.8 Å². The van der Waals surface area contributed by atoms with Gasteiger partial charge in [0.2, 0.25) is 0 Å². The molecule has 0 fully saturated rings. The summed E-state index contributed by atoms with van der Waals surface area (Å²) in [7, 11) is 0. The summed E-state index contributed by atoms with van der Waals surface area (Å²) in [6.07, 6.45) is 1.03. The van der Waals surface area contributed by atoms with Gasteiger partial charge in [0.25, 0.3) is 0 Å². The maximum Gasteiger partial charge on any atom is 0.161 e. The summed E-state index contributed by atoms with van der Waals surface area (Å²) < 4.78 is 13.0. The summed E-state index contributed by atoms with van der Waals surface area (Å²) in [6.45, 7) is 7.18. The number of aromatic nitrogens is 2. The van der Waals surface area contributed by atoms with Crippen molar-refractivity contribution in [1.29, 1.82) is 0 Å². The molecule has 0 bridgehead atoms. The van der Waals surface area contributed by atoms with E-state index in [2.05, 4.69) is 36.1 Å². The molecule has 0 aliphatic rings. The van der Waals surface area contributed by atoms with Crippen LogP contribution in [0.25, 0.3) is 11.4 Å². The van der Waals surface area contributed by atoms with Crippen molar-refractivity contribution >= 4 is 5.82 Å². The second kappa shape index (κ2) is 6.46. The van der Waals surface area contributed by atoms with Crippen molar-refractivity contribution in [3.63, 3.8) is 0 Å². The molecule has 1 heterocycles. The molecule has 0 aliphatic carbocycles. The van der Waals surface area contributed by atoms with E-state index in [0.29, 0.717) is 11.7 Å². The Morgan fingerprint density at radius 3 is 2.45 bits per heavy atom. The van der Waals surface area contributed by atoms with E-state index in [-0.39, 0.29) is 5.82 Å². The number of hydrogen-bond acceptors (Lipinski definition) is 3. The predicted octanol–water partition coefficient (Wildman–Crippen LogP) is 4.23. The fraction of sp³-hybridized carbons (Fsp3) is 0.375. The summed E-state index contributed by atoms with van der Waals surface area (Å²) >= 11 is 0. The van der Waals surface area contributed by atoms with Crippen LogP contribution in [-0.2, 0) is 0 Å². The van der Waals surface area contributed by atoms with Crippen molar-refractivity contribution in [2.24, 2.45) is 0 Å². The van der Waals surface area contributed by atoms with Gasteiger partial charge in [0.15, 0.2) is 5.82 Å². The van der Waals surface area contributed by atoms with Crippen molar-refractivity contribution in [3.8, 4) is 11.4 Å². The molecule has 2 rings (SSSR count). The van der Waals surface area contributed by atoms with E-state index in [0.717, 1.165) is 30.0 Å². The number of nitrogens with zero attached hydrogens (tertiary/aromatic N) is 2. The molecule has 0 saturated carbocycles. The van der Waals surface area contributed by atoms with Crippen molar-refractivity contribution in [1.82, 2.24) is 9.97 Å². The molecule has 1 N–H and O–H groups in total. The summed E-state index contributed by atoms with van der Waals surface area (Å²) in [6, 6.07) is 8.25. The van der Waals surface area contributed by atoms with Crippen LogP contribution < -0.4 is 5.32 Å². The average molecular weight is 273 g/mol. The first-order chi connectivity index (χ1) is 9.60. The Balaban J connectivity index is 2.40. The number of anilines is 1. The van der Waals surface area contributed by atoms with Crippen LogP contribution in [0, 0.1) is 5.82 Å². The van der Waals surface area contributed by atoms with E-state index in [1.54, 1.807) is 12.1 Å². The third kappa shape index (κ3) is 3.53. The van der Waals surface area contributed by atoms with Crippen LogP contribution in [0.1, 0.15) is 38.8 Å². The number of hydrogen-bond donors (Lipinski definition) is 1. The van der Waals surface area contributed by atoms with Gasteiger partial charge in [-0.3, -0.25) is 0 Å². The summed E-state index contributed by atoms with van der Waals surface area (Å²) in [5.41, 5.74) is 1.81. The first kappa shape index (κ1) is 14.4. The zero-order valence-electron chi connectivity index (χ0n) is 12.2. The zero-order chi connectivity index (χ0) is 14.5. The molecule has 1 aromatic carbocycles. The summed E-state index contributed by atoms with van der Waals surface area (Å²) in [5.74, 6) is 1.53. The molecule has 1 aromatic heterocycles. The van der Waals surface area contributed by atoms with Gasteiger partial charge in [0.1, 0.15) is 11.6 Å². The van der Waals surface area contributed by atoms with Crippen LogP contribution in [0.4, 0.5) is 10.2 Å². The number of rotatable bonds is 5. The highest BCUT2D eigenvalue weighted by atomic mass is 19.1. The Morgan fingerprint density at radius 1 is 1.15 bits per heavy atom. The van der Waals surface area contributed by atoms with Crippen molar-refractivity contribution in [2.75, 3.05) is 11.9 Å². The number of halogens is 1. The maximum absolute atomic E-state index is 13.0. The second-order valence-electron chi connectivity index (χ2n) is 5.09. The minimum absolute atomic E-state index is 0.252. The molecular weight excluding hydrogens is 253 g/mol.